The van der Waals surface area contributed by atoms with Crippen molar-refractivity contribution >= 4 is 0 Å². The topological polar surface area (TPSA) is 29.9 Å². The summed E-state index contributed by atoms with van der Waals surface area (Å²) >= 11 is 0. The quantitative estimate of drug-likeness (QED) is 0.723. The molecule has 1 rings (SSSR count). The molecule has 3 nitrogen and oxygen atoms in total. The van der Waals surface area contributed by atoms with Crippen molar-refractivity contribution in [2.45, 2.75) is 39.3 Å². The summed E-state index contributed by atoms with van der Waals surface area (Å²) in [5, 5.41) is 3.46. The van der Waals surface area contributed by atoms with E-state index in [1.54, 1.807) is 0 Å². The monoisotopic (exact) mass is 181 g/mol. The maximum absolute atomic E-state index is 4.00. The van der Waals surface area contributed by atoms with Gasteiger partial charge in [0.1, 0.15) is 0 Å². The van der Waals surface area contributed by atoms with Gasteiger partial charge in [-0.1, -0.05) is 6.92 Å². The van der Waals surface area contributed by atoms with Crippen LogP contribution in [0.25, 0.3) is 0 Å². The Kier molecular flexibility index (Phi) is 4.54. The third-order valence-electron chi connectivity index (χ3n) is 2.12. The van der Waals surface area contributed by atoms with Crippen molar-refractivity contribution in [3.63, 3.8) is 0 Å². The fraction of sp³-hybridized carbons (Fsp3) is 0.700. The van der Waals surface area contributed by atoms with Gasteiger partial charge >= 0.3 is 0 Å². The number of nitrogens with zero attached hydrogens (tertiary/aromatic N) is 2. The molecular weight excluding hydrogens is 162 g/mol. The zero-order valence-corrected chi connectivity index (χ0v) is 8.53. The molecule has 1 aromatic rings. The molecule has 0 fully saturated rings. The molecule has 0 saturated carbocycles. The molecule has 1 heterocycles. The molecule has 0 spiro atoms. The molecule has 0 aliphatic rings. The smallest absolute Gasteiger partial charge is 0.0945 e. The lowest BCUT2D eigenvalue weighted by Gasteiger charge is -2.12. The van der Waals surface area contributed by atoms with E-state index in [4.69, 9.17) is 0 Å². The molecule has 1 unspecified atom stereocenters. The van der Waals surface area contributed by atoms with Gasteiger partial charge in [0.2, 0.25) is 0 Å². The molecule has 74 valence electrons. The van der Waals surface area contributed by atoms with E-state index in [2.05, 4.69) is 28.7 Å². The second kappa shape index (κ2) is 5.75. The van der Waals surface area contributed by atoms with E-state index in [0.717, 1.165) is 19.5 Å². The molecule has 1 atom stereocenters. The predicted octanol–water partition coefficient (Wildman–Crippen LogP) is 1.66. The number of aromatic nitrogens is 2. The van der Waals surface area contributed by atoms with Crippen molar-refractivity contribution in [1.29, 1.82) is 0 Å². The predicted molar refractivity (Wildman–Crippen MR) is 54.6 cm³/mol. The minimum Gasteiger partial charge on any atom is -0.337 e. The molecule has 1 aromatic heterocycles. The molecule has 0 radical (unpaired) electrons. The Morgan fingerprint density at radius 3 is 3.00 bits per heavy atom. The lowest BCUT2D eigenvalue weighted by Crippen LogP contribution is -2.27. The number of hydrogen-bond donors (Lipinski definition) is 1. The number of rotatable bonds is 6. The van der Waals surface area contributed by atoms with Crippen LogP contribution < -0.4 is 5.32 Å². The molecule has 0 aliphatic heterocycles. The van der Waals surface area contributed by atoms with Crippen LogP contribution in [0.15, 0.2) is 18.7 Å². The minimum atomic E-state index is 0.599. The summed E-state index contributed by atoms with van der Waals surface area (Å²) < 4.78 is 2.12. The Hall–Kier alpha value is -0.830. The Morgan fingerprint density at radius 2 is 2.38 bits per heavy atom. The number of imidazole rings is 1. The summed E-state index contributed by atoms with van der Waals surface area (Å²) in [5.41, 5.74) is 0. The van der Waals surface area contributed by atoms with E-state index < -0.39 is 0 Å². The van der Waals surface area contributed by atoms with E-state index in [9.17, 15) is 0 Å². The van der Waals surface area contributed by atoms with Crippen molar-refractivity contribution < 1.29 is 0 Å². The van der Waals surface area contributed by atoms with E-state index in [-0.39, 0.29) is 0 Å². The summed E-state index contributed by atoms with van der Waals surface area (Å²) in [4.78, 5) is 4.00. The first kappa shape index (κ1) is 10.3. The maximum Gasteiger partial charge on any atom is 0.0945 e. The molecular formula is C10H19N3. The number of aryl methyl sites for hydroxylation is 1. The second-order valence-electron chi connectivity index (χ2n) is 3.44. The van der Waals surface area contributed by atoms with Gasteiger partial charge in [-0.25, -0.2) is 4.98 Å². The third kappa shape index (κ3) is 4.08. The summed E-state index contributed by atoms with van der Waals surface area (Å²) in [7, 11) is 0. The van der Waals surface area contributed by atoms with Crippen LogP contribution in [0.2, 0.25) is 0 Å². The van der Waals surface area contributed by atoms with Gasteiger partial charge in [-0.3, -0.25) is 0 Å². The summed E-state index contributed by atoms with van der Waals surface area (Å²) in [6, 6.07) is 0.599. The van der Waals surface area contributed by atoms with Gasteiger partial charge in [-0.05, 0) is 26.3 Å². The van der Waals surface area contributed by atoms with Crippen LogP contribution in [0.5, 0.6) is 0 Å². The van der Waals surface area contributed by atoms with Gasteiger partial charge in [0, 0.05) is 25.0 Å². The molecule has 0 saturated heterocycles. The van der Waals surface area contributed by atoms with Crippen molar-refractivity contribution in [2.75, 3.05) is 6.54 Å². The first-order chi connectivity index (χ1) is 6.33. The van der Waals surface area contributed by atoms with Gasteiger partial charge in [-0.15, -0.1) is 0 Å². The molecule has 3 heteroatoms. The van der Waals surface area contributed by atoms with Crippen LogP contribution in [0, 0.1) is 0 Å². The first-order valence-electron chi connectivity index (χ1n) is 5.02. The average molecular weight is 181 g/mol. The SMILES string of the molecule is CCCNC(C)CCn1ccnc1. The van der Waals surface area contributed by atoms with Gasteiger partial charge in [0.15, 0.2) is 0 Å². The van der Waals surface area contributed by atoms with Crippen LogP contribution in [-0.4, -0.2) is 22.1 Å². The van der Waals surface area contributed by atoms with Crippen molar-refractivity contribution in [3.05, 3.63) is 18.7 Å². The first-order valence-corrected chi connectivity index (χ1v) is 5.02. The average Bonchev–Trinajstić information content (AvgIpc) is 2.64. The van der Waals surface area contributed by atoms with Gasteiger partial charge < -0.3 is 9.88 Å². The molecule has 0 aromatic carbocycles. The Bertz CT molecular complexity index is 206. The fourth-order valence-corrected chi connectivity index (χ4v) is 1.25. The van der Waals surface area contributed by atoms with E-state index in [0.29, 0.717) is 6.04 Å². The molecule has 1 N–H and O–H groups in total. The maximum atomic E-state index is 4.00. The highest BCUT2D eigenvalue weighted by molar-refractivity contribution is 4.74. The zero-order chi connectivity index (χ0) is 9.52. The number of hydrogen-bond acceptors (Lipinski definition) is 2. The summed E-state index contributed by atoms with van der Waals surface area (Å²) in [5.74, 6) is 0. The summed E-state index contributed by atoms with van der Waals surface area (Å²) in [6.45, 7) is 6.59. The van der Waals surface area contributed by atoms with Gasteiger partial charge in [0.25, 0.3) is 0 Å². The van der Waals surface area contributed by atoms with Crippen LogP contribution in [0.3, 0.4) is 0 Å². The minimum absolute atomic E-state index is 0.599. The highest BCUT2D eigenvalue weighted by atomic mass is 15.0. The number of nitrogens with one attached hydrogen (secondary N) is 1. The van der Waals surface area contributed by atoms with Crippen LogP contribution >= 0.6 is 0 Å². The zero-order valence-electron chi connectivity index (χ0n) is 8.53. The largest absolute Gasteiger partial charge is 0.337 e. The van der Waals surface area contributed by atoms with Crippen LogP contribution in [0.1, 0.15) is 26.7 Å². The van der Waals surface area contributed by atoms with Crippen molar-refractivity contribution in [3.8, 4) is 0 Å². The lowest BCUT2D eigenvalue weighted by molar-refractivity contribution is 0.476. The Morgan fingerprint density at radius 1 is 1.54 bits per heavy atom. The Balaban J connectivity index is 2.11. The molecule has 0 amide bonds. The third-order valence-corrected chi connectivity index (χ3v) is 2.12. The lowest BCUT2D eigenvalue weighted by atomic mass is 10.2. The fourth-order valence-electron chi connectivity index (χ4n) is 1.25. The van der Waals surface area contributed by atoms with E-state index in [1.165, 1.54) is 6.42 Å². The molecule has 0 aliphatic carbocycles. The van der Waals surface area contributed by atoms with E-state index >= 15 is 0 Å². The highest BCUT2D eigenvalue weighted by Crippen LogP contribution is 1.95. The highest BCUT2D eigenvalue weighted by Gasteiger charge is 1.99. The Labute approximate surface area is 80.2 Å². The normalized spacial score (nSPS) is 13.1. The van der Waals surface area contributed by atoms with Gasteiger partial charge in [-0.2, -0.15) is 0 Å². The van der Waals surface area contributed by atoms with Crippen LogP contribution in [0.4, 0.5) is 0 Å². The van der Waals surface area contributed by atoms with Gasteiger partial charge in [0.05, 0.1) is 6.33 Å². The second-order valence-corrected chi connectivity index (χ2v) is 3.44. The molecule has 0 bridgehead atoms. The molecule has 13 heavy (non-hydrogen) atoms. The summed E-state index contributed by atoms with van der Waals surface area (Å²) in [6.07, 6.45) is 8.06. The van der Waals surface area contributed by atoms with Crippen molar-refractivity contribution in [2.24, 2.45) is 0 Å². The van der Waals surface area contributed by atoms with Crippen LogP contribution in [-0.2, 0) is 6.54 Å². The van der Waals surface area contributed by atoms with E-state index in [1.807, 2.05) is 18.7 Å². The van der Waals surface area contributed by atoms with Crippen molar-refractivity contribution in [1.82, 2.24) is 14.9 Å². The standard InChI is InChI=1S/C10H19N3/c1-3-5-12-10(2)4-7-13-8-6-11-9-13/h6,8-10,12H,3-5,7H2,1-2H3.